The number of carbonyl (C=O) groups excluding carboxylic acids is 1. The van der Waals surface area contributed by atoms with E-state index in [1.165, 1.54) is 0 Å². The quantitative estimate of drug-likeness (QED) is 0.414. The van der Waals surface area contributed by atoms with Crippen molar-refractivity contribution in [3.05, 3.63) is 113 Å². The minimum Gasteiger partial charge on any atom is -0.322 e. The fraction of sp³-hybridized carbons (Fsp3) is 0.143. The van der Waals surface area contributed by atoms with E-state index in [-0.39, 0.29) is 16.8 Å². The van der Waals surface area contributed by atoms with Gasteiger partial charge in [0.1, 0.15) is 0 Å². The van der Waals surface area contributed by atoms with Gasteiger partial charge >= 0.3 is 0 Å². The summed E-state index contributed by atoms with van der Waals surface area (Å²) in [6.45, 7) is 2.01. The Morgan fingerprint density at radius 3 is 2.40 bits per heavy atom. The molecular weight excluding hydrogens is 458 g/mol. The highest BCUT2D eigenvalue weighted by molar-refractivity contribution is 7.89. The molecule has 1 aromatic heterocycles. The predicted octanol–water partition coefficient (Wildman–Crippen LogP) is 4.76. The molecule has 1 amide bonds. The lowest BCUT2D eigenvalue weighted by atomic mass is 10.0. The lowest BCUT2D eigenvalue weighted by Crippen LogP contribution is -2.35. The van der Waals surface area contributed by atoms with Gasteiger partial charge in [0.2, 0.25) is 10.0 Å². The maximum Gasteiger partial charge on any atom is 0.257 e. The summed E-state index contributed by atoms with van der Waals surface area (Å²) in [5.41, 5.74) is 5.90. The molecule has 1 aliphatic rings. The fourth-order valence-corrected chi connectivity index (χ4v) is 5.65. The van der Waals surface area contributed by atoms with Gasteiger partial charge in [-0.3, -0.25) is 9.78 Å². The zero-order valence-electron chi connectivity index (χ0n) is 19.2. The highest BCUT2D eigenvalue weighted by atomic mass is 32.2. The second kappa shape index (κ2) is 9.44. The molecule has 2 N–H and O–H groups in total. The molecule has 0 saturated heterocycles. The van der Waals surface area contributed by atoms with Crippen molar-refractivity contribution in [1.29, 1.82) is 0 Å². The standard InChI is InChI=1S/C28H25N3O3S/c1-19-9-11-20(12-10-19)27-26(8-5-15-29-27)28(32)30-23-14-13-21-16-24(18-22(21)17-23)31-35(33,34)25-6-3-2-4-7-25/h2-15,17,24,31H,16,18H2,1H3,(H,30,32). The van der Waals surface area contributed by atoms with Gasteiger partial charge in [0.15, 0.2) is 0 Å². The summed E-state index contributed by atoms with van der Waals surface area (Å²) < 4.78 is 28.2. The van der Waals surface area contributed by atoms with Crippen LogP contribution in [0, 0.1) is 6.92 Å². The molecule has 0 radical (unpaired) electrons. The van der Waals surface area contributed by atoms with Crippen LogP contribution in [0.3, 0.4) is 0 Å². The maximum absolute atomic E-state index is 13.1. The van der Waals surface area contributed by atoms with Gasteiger partial charge in [-0.05, 0) is 67.3 Å². The molecule has 4 aromatic rings. The molecule has 0 aliphatic heterocycles. The lowest BCUT2D eigenvalue weighted by molar-refractivity contribution is 0.102. The first-order chi connectivity index (χ1) is 16.9. The van der Waals surface area contributed by atoms with E-state index in [2.05, 4.69) is 15.0 Å². The van der Waals surface area contributed by atoms with Crippen molar-refractivity contribution in [2.24, 2.45) is 0 Å². The van der Waals surface area contributed by atoms with Crippen molar-refractivity contribution in [3.8, 4) is 11.3 Å². The first-order valence-corrected chi connectivity index (χ1v) is 12.9. The molecule has 7 heteroatoms. The molecule has 1 unspecified atom stereocenters. The van der Waals surface area contributed by atoms with Gasteiger partial charge in [0.25, 0.3) is 5.91 Å². The van der Waals surface area contributed by atoms with Crippen LogP contribution in [0.1, 0.15) is 27.0 Å². The van der Waals surface area contributed by atoms with Gasteiger partial charge in [-0.15, -0.1) is 0 Å². The third kappa shape index (κ3) is 5.01. The molecule has 1 heterocycles. The number of sulfonamides is 1. The van der Waals surface area contributed by atoms with Crippen molar-refractivity contribution in [1.82, 2.24) is 9.71 Å². The number of aromatic nitrogens is 1. The van der Waals surface area contributed by atoms with E-state index < -0.39 is 10.0 Å². The average Bonchev–Trinajstić information content (AvgIpc) is 3.26. The number of amides is 1. The number of rotatable bonds is 6. The molecule has 0 spiro atoms. The Balaban J connectivity index is 1.31. The number of fused-ring (bicyclic) bond motifs is 1. The molecule has 0 bridgehead atoms. The molecule has 5 rings (SSSR count). The Bertz CT molecular complexity index is 1480. The summed E-state index contributed by atoms with van der Waals surface area (Å²) in [6, 6.07) is 25.3. The number of benzene rings is 3. The second-order valence-electron chi connectivity index (χ2n) is 8.74. The summed E-state index contributed by atoms with van der Waals surface area (Å²) >= 11 is 0. The summed E-state index contributed by atoms with van der Waals surface area (Å²) in [4.78, 5) is 17.8. The van der Waals surface area contributed by atoms with E-state index in [0.29, 0.717) is 29.8 Å². The van der Waals surface area contributed by atoms with Crippen LogP contribution >= 0.6 is 0 Å². The highest BCUT2D eigenvalue weighted by Gasteiger charge is 2.27. The third-order valence-corrected chi connectivity index (χ3v) is 7.69. The van der Waals surface area contributed by atoms with Gasteiger partial charge in [-0.1, -0.05) is 54.1 Å². The van der Waals surface area contributed by atoms with E-state index in [4.69, 9.17) is 0 Å². The molecule has 6 nitrogen and oxygen atoms in total. The van der Waals surface area contributed by atoms with Crippen LogP contribution in [-0.4, -0.2) is 25.4 Å². The Labute approximate surface area is 205 Å². The molecule has 0 saturated carbocycles. The zero-order chi connectivity index (χ0) is 24.4. The molecule has 3 aromatic carbocycles. The smallest absolute Gasteiger partial charge is 0.257 e. The Kier molecular flexibility index (Phi) is 6.19. The molecule has 1 aliphatic carbocycles. The molecule has 0 fully saturated rings. The number of anilines is 1. The van der Waals surface area contributed by atoms with Crippen LogP contribution in [0.4, 0.5) is 5.69 Å². The van der Waals surface area contributed by atoms with Crippen LogP contribution in [0.5, 0.6) is 0 Å². The van der Waals surface area contributed by atoms with E-state index in [1.807, 2.05) is 49.4 Å². The van der Waals surface area contributed by atoms with Crippen molar-refractivity contribution < 1.29 is 13.2 Å². The summed E-state index contributed by atoms with van der Waals surface area (Å²) in [5, 5.41) is 2.98. The van der Waals surface area contributed by atoms with E-state index >= 15 is 0 Å². The minimum atomic E-state index is -3.59. The lowest BCUT2D eigenvalue weighted by Gasteiger charge is -2.12. The van der Waals surface area contributed by atoms with E-state index in [9.17, 15) is 13.2 Å². The Morgan fingerprint density at radius 1 is 0.886 bits per heavy atom. The minimum absolute atomic E-state index is 0.229. The number of pyridine rings is 1. The van der Waals surface area contributed by atoms with Crippen LogP contribution in [-0.2, 0) is 22.9 Å². The molecule has 176 valence electrons. The number of aryl methyl sites for hydroxylation is 1. The average molecular weight is 484 g/mol. The van der Waals surface area contributed by atoms with Crippen molar-refractivity contribution in [3.63, 3.8) is 0 Å². The van der Waals surface area contributed by atoms with Crippen molar-refractivity contribution >= 4 is 21.6 Å². The molecular formula is C28H25N3O3S. The van der Waals surface area contributed by atoms with Crippen molar-refractivity contribution in [2.45, 2.75) is 30.7 Å². The van der Waals surface area contributed by atoms with Crippen molar-refractivity contribution in [2.75, 3.05) is 5.32 Å². The molecule has 35 heavy (non-hydrogen) atoms. The zero-order valence-corrected chi connectivity index (χ0v) is 20.0. The number of nitrogens with zero attached hydrogens (tertiary/aromatic N) is 1. The van der Waals surface area contributed by atoms with Gasteiger partial charge in [-0.2, -0.15) is 0 Å². The van der Waals surface area contributed by atoms with Gasteiger partial charge in [-0.25, -0.2) is 13.1 Å². The Morgan fingerprint density at radius 2 is 1.63 bits per heavy atom. The highest BCUT2D eigenvalue weighted by Crippen LogP contribution is 2.28. The van der Waals surface area contributed by atoms with Crippen LogP contribution in [0.25, 0.3) is 11.3 Å². The number of hydrogen-bond acceptors (Lipinski definition) is 4. The topological polar surface area (TPSA) is 88.2 Å². The van der Waals surface area contributed by atoms with E-state index in [1.54, 1.807) is 48.7 Å². The van der Waals surface area contributed by atoms with Gasteiger partial charge in [0.05, 0.1) is 16.2 Å². The summed E-state index contributed by atoms with van der Waals surface area (Å²) in [6.07, 6.45) is 2.85. The van der Waals surface area contributed by atoms with E-state index in [0.717, 1.165) is 22.3 Å². The number of nitrogens with one attached hydrogen (secondary N) is 2. The number of hydrogen-bond donors (Lipinski definition) is 2. The summed E-state index contributed by atoms with van der Waals surface area (Å²) in [5.74, 6) is -0.243. The summed E-state index contributed by atoms with van der Waals surface area (Å²) in [7, 11) is -3.59. The fourth-order valence-electron chi connectivity index (χ4n) is 4.39. The SMILES string of the molecule is Cc1ccc(-c2ncccc2C(=O)Nc2ccc3c(c2)CC(NS(=O)(=O)c2ccccc2)C3)cc1. The van der Waals surface area contributed by atoms with Crippen LogP contribution < -0.4 is 10.0 Å². The molecule has 1 atom stereocenters. The maximum atomic E-state index is 13.1. The largest absolute Gasteiger partial charge is 0.322 e. The van der Waals surface area contributed by atoms with Gasteiger partial charge < -0.3 is 5.32 Å². The van der Waals surface area contributed by atoms with Gasteiger partial charge in [0, 0.05) is 23.5 Å². The predicted molar refractivity (Wildman–Crippen MR) is 137 cm³/mol. The van der Waals surface area contributed by atoms with Crippen LogP contribution in [0.15, 0.2) is 96.0 Å². The monoisotopic (exact) mass is 483 g/mol. The van der Waals surface area contributed by atoms with Crippen LogP contribution in [0.2, 0.25) is 0 Å². The third-order valence-electron chi connectivity index (χ3n) is 6.15. The number of carbonyl (C=O) groups is 1. The Hall–Kier alpha value is -3.81. The first-order valence-electron chi connectivity index (χ1n) is 11.4. The second-order valence-corrected chi connectivity index (χ2v) is 10.5. The first kappa shape index (κ1) is 23.0. The normalized spacial score (nSPS) is 14.9.